The van der Waals surface area contributed by atoms with Gasteiger partial charge in [0.1, 0.15) is 0 Å². The minimum absolute atomic E-state index is 0. The summed E-state index contributed by atoms with van der Waals surface area (Å²) >= 11 is 0. The molecule has 0 aliphatic heterocycles. The zero-order valence-corrected chi connectivity index (χ0v) is 9.83. The molecule has 14 heavy (non-hydrogen) atoms. The summed E-state index contributed by atoms with van der Waals surface area (Å²) in [7, 11) is 0. The van der Waals surface area contributed by atoms with Gasteiger partial charge in [-0.15, -0.1) is 0 Å². The number of nitrogens with two attached hydrogens (primary N) is 1. The first-order valence-electron chi connectivity index (χ1n) is 4.27. The molecule has 5 heteroatoms. The van der Waals surface area contributed by atoms with Crippen molar-refractivity contribution in [2.45, 2.75) is 39.7 Å². The molecule has 0 fully saturated rings. The van der Waals surface area contributed by atoms with Crippen LogP contribution < -0.4 is 5.73 Å². The van der Waals surface area contributed by atoms with E-state index < -0.39 is 17.4 Å². The molecule has 0 radical (unpaired) electrons. The minimum atomic E-state index is -0.919. The summed E-state index contributed by atoms with van der Waals surface area (Å²) in [6, 6.07) is -0.656. The maximum atomic E-state index is 11.5. The third kappa shape index (κ3) is 5.99. The Balaban J connectivity index is 0. The lowest BCUT2D eigenvalue weighted by Crippen LogP contribution is -2.39. The lowest BCUT2D eigenvalue weighted by Gasteiger charge is -2.21. The Hall–Kier alpha value is -0.550. The molecule has 0 aromatic carbocycles. The predicted octanol–water partition coefficient (Wildman–Crippen LogP) is 0.907. The summed E-state index contributed by atoms with van der Waals surface area (Å²) in [6.07, 6.45) is 0.161. The van der Waals surface area contributed by atoms with Crippen LogP contribution in [0.15, 0.2) is 0 Å². The fraction of sp³-hybridized carbons (Fsp3) is 0.778. The first kappa shape index (κ1) is 15.9. The second-order valence-electron chi connectivity index (χ2n) is 4.15. The Morgan fingerprint density at radius 2 is 1.79 bits per heavy atom. The summed E-state index contributed by atoms with van der Waals surface area (Å²) in [5.41, 5.74) is 5.05. The Morgan fingerprint density at radius 1 is 1.36 bits per heavy atom. The monoisotopic (exact) mass is 221 g/mol. The van der Waals surface area contributed by atoms with Gasteiger partial charge < -0.3 is 10.8 Å². The highest BCUT2D eigenvalue weighted by Gasteiger charge is 2.26. The lowest BCUT2D eigenvalue weighted by molar-refractivity contribution is -0.137. The molecule has 84 valence electrons. The van der Waals surface area contributed by atoms with Gasteiger partial charge in [0.25, 0.3) is 0 Å². The van der Waals surface area contributed by atoms with E-state index in [0.717, 1.165) is 0 Å². The minimum Gasteiger partial charge on any atom is -0.481 e. The smallest absolute Gasteiger partial charge is 0.303 e. The summed E-state index contributed by atoms with van der Waals surface area (Å²) in [5, 5.41) is 8.38. The van der Waals surface area contributed by atoms with Gasteiger partial charge in [-0.05, 0) is 6.42 Å². The Labute approximate surface area is 91.3 Å². The second kappa shape index (κ2) is 6.03. The first-order chi connectivity index (χ1) is 5.75. The van der Waals surface area contributed by atoms with E-state index in [1.54, 1.807) is 20.8 Å². The third-order valence-electron chi connectivity index (χ3n) is 1.75. The zero-order valence-electron chi connectivity index (χ0n) is 8.83. The van der Waals surface area contributed by atoms with Gasteiger partial charge in [-0.25, -0.2) is 0 Å². The Bertz CT molecular complexity index is 211. The van der Waals surface area contributed by atoms with Crippen LogP contribution in [0.5, 0.6) is 0 Å². The van der Waals surface area contributed by atoms with Crippen LogP contribution in [0.25, 0.3) is 0 Å². The van der Waals surface area contributed by atoms with E-state index in [9.17, 15) is 9.59 Å². The van der Waals surface area contributed by atoms with Crippen molar-refractivity contribution in [3.05, 3.63) is 0 Å². The normalized spacial score (nSPS) is 12.9. The number of aliphatic carboxylic acids is 1. The van der Waals surface area contributed by atoms with Gasteiger partial charge in [-0.2, -0.15) is 13.5 Å². The molecule has 0 aliphatic carbocycles. The number of hydrogen-bond acceptors (Lipinski definition) is 3. The molecular formula is C9H19NO3S. The van der Waals surface area contributed by atoms with Crippen LogP contribution in [0.3, 0.4) is 0 Å². The number of carbonyl (C=O) groups is 2. The molecule has 0 saturated carbocycles. The van der Waals surface area contributed by atoms with Gasteiger partial charge in [0.05, 0.1) is 6.04 Å². The number of ketones is 1. The number of carbonyl (C=O) groups excluding carboxylic acids is 1. The van der Waals surface area contributed by atoms with Crippen molar-refractivity contribution in [1.29, 1.82) is 0 Å². The van der Waals surface area contributed by atoms with E-state index in [2.05, 4.69) is 0 Å². The molecular weight excluding hydrogens is 202 g/mol. The van der Waals surface area contributed by atoms with Crippen LogP contribution in [-0.2, 0) is 9.59 Å². The quantitative estimate of drug-likeness (QED) is 0.739. The van der Waals surface area contributed by atoms with Gasteiger partial charge in [0.2, 0.25) is 0 Å². The van der Waals surface area contributed by atoms with Crippen LogP contribution in [-0.4, -0.2) is 22.9 Å². The highest BCUT2D eigenvalue weighted by Crippen LogP contribution is 2.17. The second-order valence-corrected chi connectivity index (χ2v) is 4.15. The van der Waals surface area contributed by atoms with Gasteiger partial charge in [-0.1, -0.05) is 20.8 Å². The Kier molecular flexibility index (Phi) is 6.85. The molecule has 0 spiro atoms. The van der Waals surface area contributed by atoms with Crippen molar-refractivity contribution >= 4 is 25.2 Å². The fourth-order valence-electron chi connectivity index (χ4n) is 0.966. The first-order valence-corrected chi connectivity index (χ1v) is 4.27. The van der Waals surface area contributed by atoms with Gasteiger partial charge >= 0.3 is 5.97 Å². The van der Waals surface area contributed by atoms with Crippen LogP contribution in [0.2, 0.25) is 0 Å². The standard InChI is InChI=1S/C9H17NO3.H2S/c1-9(2,3)8(13)6(10)4-5-7(11)12;/h6H,4-5,10H2,1-3H3,(H,11,12);1H2/t6-;/m0./s1. The van der Waals surface area contributed by atoms with Crippen LogP contribution in [0.1, 0.15) is 33.6 Å². The number of carboxylic acids is 1. The van der Waals surface area contributed by atoms with E-state index in [0.29, 0.717) is 0 Å². The molecule has 3 N–H and O–H groups in total. The van der Waals surface area contributed by atoms with E-state index in [1.807, 2.05) is 0 Å². The van der Waals surface area contributed by atoms with Crippen molar-refractivity contribution in [1.82, 2.24) is 0 Å². The molecule has 0 rings (SSSR count). The van der Waals surface area contributed by atoms with E-state index in [-0.39, 0.29) is 32.1 Å². The number of rotatable bonds is 4. The van der Waals surface area contributed by atoms with Crippen LogP contribution in [0, 0.1) is 5.41 Å². The molecule has 0 heterocycles. The van der Waals surface area contributed by atoms with Crippen molar-refractivity contribution in [2.75, 3.05) is 0 Å². The molecule has 0 saturated heterocycles. The Morgan fingerprint density at radius 3 is 2.07 bits per heavy atom. The molecule has 0 aromatic heterocycles. The predicted molar refractivity (Wildman–Crippen MR) is 59.7 cm³/mol. The van der Waals surface area contributed by atoms with Gasteiger partial charge in [-0.3, -0.25) is 9.59 Å². The van der Waals surface area contributed by atoms with E-state index in [4.69, 9.17) is 10.8 Å². The van der Waals surface area contributed by atoms with Gasteiger partial charge in [0, 0.05) is 11.8 Å². The van der Waals surface area contributed by atoms with Crippen molar-refractivity contribution in [3.8, 4) is 0 Å². The molecule has 0 amide bonds. The third-order valence-corrected chi connectivity index (χ3v) is 1.75. The maximum absolute atomic E-state index is 11.5. The average Bonchev–Trinajstić information content (AvgIpc) is 1.96. The summed E-state index contributed by atoms with van der Waals surface area (Å²) in [4.78, 5) is 21.7. The highest BCUT2D eigenvalue weighted by molar-refractivity contribution is 7.59. The molecule has 0 aliphatic rings. The van der Waals surface area contributed by atoms with Gasteiger partial charge in [0.15, 0.2) is 5.78 Å². The summed E-state index contributed by atoms with van der Waals surface area (Å²) in [6.45, 7) is 5.32. The summed E-state index contributed by atoms with van der Waals surface area (Å²) in [5.74, 6) is -1.01. The van der Waals surface area contributed by atoms with Crippen LogP contribution in [0.4, 0.5) is 0 Å². The molecule has 1 atom stereocenters. The fourth-order valence-corrected chi connectivity index (χ4v) is 0.966. The van der Waals surface area contributed by atoms with Crippen molar-refractivity contribution in [2.24, 2.45) is 11.1 Å². The molecule has 0 aromatic rings. The van der Waals surface area contributed by atoms with E-state index >= 15 is 0 Å². The average molecular weight is 221 g/mol. The molecule has 0 unspecified atom stereocenters. The van der Waals surface area contributed by atoms with Crippen molar-refractivity contribution < 1.29 is 14.7 Å². The lowest BCUT2D eigenvalue weighted by atomic mass is 9.85. The van der Waals surface area contributed by atoms with Crippen LogP contribution >= 0.6 is 13.5 Å². The number of carboxylic acid groups (broad SMARTS) is 1. The topological polar surface area (TPSA) is 80.4 Å². The van der Waals surface area contributed by atoms with E-state index in [1.165, 1.54) is 0 Å². The SMILES string of the molecule is CC(C)(C)C(=O)[C@@H](N)CCC(=O)O.S. The number of Topliss-reactive ketones (excluding diaryl/α,β-unsaturated/α-hetero) is 1. The molecule has 0 bridgehead atoms. The summed E-state index contributed by atoms with van der Waals surface area (Å²) < 4.78 is 0. The number of hydrogen-bond donors (Lipinski definition) is 2. The maximum Gasteiger partial charge on any atom is 0.303 e. The largest absolute Gasteiger partial charge is 0.481 e. The zero-order chi connectivity index (χ0) is 10.6. The van der Waals surface area contributed by atoms with Crippen molar-refractivity contribution in [3.63, 3.8) is 0 Å². The highest BCUT2D eigenvalue weighted by atomic mass is 32.1. The molecule has 4 nitrogen and oxygen atoms in total.